The van der Waals surface area contributed by atoms with Crippen molar-refractivity contribution in [3.05, 3.63) is 0 Å². The molecule has 0 aromatic carbocycles. The third-order valence-corrected chi connectivity index (χ3v) is 11.9. The topological polar surface area (TPSA) is 0 Å². The molecule has 0 amide bonds. The molecule has 0 N–H and O–H groups in total. The fourth-order valence-corrected chi connectivity index (χ4v) is 11.6. The second-order valence-electron chi connectivity index (χ2n) is 12.0. The van der Waals surface area contributed by atoms with E-state index in [4.69, 9.17) is 0 Å². The van der Waals surface area contributed by atoms with Crippen LogP contribution in [0.1, 0.15) is 77.6 Å². The minimum absolute atomic E-state index is 1.06. The molecule has 13 atom stereocenters. The molecule has 0 heteroatoms. The maximum Gasteiger partial charge on any atom is -0.0318 e. The summed E-state index contributed by atoms with van der Waals surface area (Å²) in [5.74, 6) is 15.2. The van der Waals surface area contributed by atoms with E-state index in [0.717, 1.165) is 17.8 Å². The summed E-state index contributed by atoms with van der Waals surface area (Å²) in [5, 5.41) is 0. The molecule has 0 nitrogen and oxygen atoms in total. The average molecular weight is 339 g/mol. The molecular weight excluding hydrogens is 300 g/mol. The third-order valence-electron chi connectivity index (χ3n) is 11.9. The van der Waals surface area contributed by atoms with Crippen molar-refractivity contribution in [3.8, 4) is 0 Å². The second kappa shape index (κ2) is 5.08. The largest absolute Gasteiger partial charge is 0.0622 e. The van der Waals surface area contributed by atoms with Crippen LogP contribution < -0.4 is 0 Å². The van der Waals surface area contributed by atoms with Crippen molar-refractivity contribution in [1.82, 2.24) is 0 Å². The summed E-state index contributed by atoms with van der Waals surface area (Å²) >= 11 is 0. The van der Waals surface area contributed by atoms with E-state index < -0.39 is 0 Å². The van der Waals surface area contributed by atoms with E-state index in [1.54, 1.807) is 70.6 Å². The lowest BCUT2D eigenvalue weighted by atomic mass is 9.40. The van der Waals surface area contributed by atoms with Gasteiger partial charge in [-0.25, -0.2) is 0 Å². The van der Waals surface area contributed by atoms with Gasteiger partial charge in [-0.2, -0.15) is 0 Å². The minimum atomic E-state index is 1.06. The Bertz CT molecular complexity index is 538. The zero-order valence-electron chi connectivity index (χ0n) is 16.3. The number of hydrogen-bond donors (Lipinski definition) is 0. The van der Waals surface area contributed by atoms with Crippen molar-refractivity contribution < 1.29 is 0 Å². The summed E-state index contributed by atoms with van der Waals surface area (Å²) < 4.78 is 0. The minimum Gasteiger partial charge on any atom is -0.0622 e. The first-order valence-corrected chi connectivity index (χ1v) is 12.3. The van der Waals surface area contributed by atoms with Crippen LogP contribution in [0.25, 0.3) is 0 Å². The first-order valence-electron chi connectivity index (χ1n) is 12.3. The van der Waals surface area contributed by atoms with Crippen LogP contribution in [0.2, 0.25) is 0 Å². The van der Waals surface area contributed by atoms with Crippen molar-refractivity contribution in [3.63, 3.8) is 0 Å². The molecular formula is C25H38. The van der Waals surface area contributed by atoms with Crippen LogP contribution in [-0.4, -0.2) is 0 Å². The summed E-state index contributed by atoms with van der Waals surface area (Å²) in [5.41, 5.74) is 0. The Morgan fingerprint density at radius 2 is 0.840 bits per heavy atom. The van der Waals surface area contributed by atoms with E-state index in [1.165, 1.54) is 59.2 Å². The van der Waals surface area contributed by atoms with Gasteiger partial charge in [0.15, 0.2) is 0 Å². The van der Waals surface area contributed by atoms with Crippen LogP contribution >= 0.6 is 0 Å². The predicted molar refractivity (Wildman–Crippen MR) is 102 cm³/mol. The molecule has 0 spiro atoms. The first kappa shape index (κ1) is 15.0. The summed E-state index contributed by atoms with van der Waals surface area (Å²) in [6, 6.07) is 0. The SMILES string of the molecule is CC1CC2CCC3C4CCC5CCC6CCC(C7CCC1C2C37)C4C56. The number of rotatable bonds is 0. The van der Waals surface area contributed by atoms with Gasteiger partial charge >= 0.3 is 0 Å². The van der Waals surface area contributed by atoms with E-state index in [-0.39, 0.29) is 0 Å². The van der Waals surface area contributed by atoms with Gasteiger partial charge in [-0.3, -0.25) is 0 Å². The maximum atomic E-state index is 2.62. The summed E-state index contributed by atoms with van der Waals surface area (Å²) in [7, 11) is 0. The van der Waals surface area contributed by atoms with Gasteiger partial charge in [0.25, 0.3) is 0 Å². The van der Waals surface area contributed by atoms with Gasteiger partial charge in [0.1, 0.15) is 0 Å². The van der Waals surface area contributed by atoms with E-state index in [9.17, 15) is 0 Å². The molecule has 25 heavy (non-hydrogen) atoms. The molecule has 0 aliphatic heterocycles. The molecule has 7 saturated carbocycles. The molecule has 0 radical (unpaired) electrons. The van der Waals surface area contributed by atoms with Crippen molar-refractivity contribution >= 4 is 0 Å². The van der Waals surface area contributed by atoms with E-state index in [1.807, 2.05) is 0 Å². The number of hydrogen-bond acceptors (Lipinski definition) is 0. The monoisotopic (exact) mass is 338 g/mol. The highest BCUT2D eigenvalue weighted by molar-refractivity contribution is 5.13. The molecule has 7 fully saturated rings. The summed E-state index contributed by atoms with van der Waals surface area (Å²) in [6.07, 6.45) is 18.0. The van der Waals surface area contributed by atoms with Gasteiger partial charge in [-0.05, 0) is 148 Å². The van der Waals surface area contributed by atoms with Crippen molar-refractivity contribution in [2.24, 2.45) is 76.9 Å². The molecule has 0 heterocycles. The van der Waals surface area contributed by atoms with Gasteiger partial charge in [-0.1, -0.05) is 6.92 Å². The standard InChI is InChI=1S/C25H38/c1-13-12-16-6-9-20-18-7-4-14-2-3-15-5-8-19(24(18)22(14)15)21-11-10-17(13)23(16)25(20)21/h13-25H,2-12H2,1H3. The average Bonchev–Trinajstić information content (AvgIpc) is 3.21. The highest BCUT2D eigenvalue weighted by Gasteiger charge is 2.64. The molecule has 138 valence electrons. The molecule has 0 bridgehead atoms. The molecule has 7 aliphatic rings. The van der Waals surface area contributed by atoms with Crippen LogP contribution in [0, 0.1) is 76.9 Å². The lowest BCUT2D eigenvalue weighted by molar-refractivity contribution is -0.167. The molecule has 0 saturated heterocycles. The van der Waals surface area contributed by atoms with Gasteiger partial charge in [-0.15, -0.1) is 0 Å². The van der Waals surface area contributed by atoms with Crippen molar-refractivity contribution in [1.29, 1.82) is 0 Å². The number of fused-ring (bicyclic) bond motifs is 2. The van der Waals surface area contributed by atoms with Gasteiger partial charge in [0.05, 0.1) is 0 Å². The third kappa shape index (κ3) is 1.77. The zero-order chi connectivity index (χ0) is 16.3. The van der Waals surface area contributed by atoms with Crippen LogP contribution in [-0.2, 0) is 0 Å². The summed E-state index contributed by atoms with van der Waals surface area (Å²) in [6.45, 7) is 2.62. The molecule has 7 rings (SSSR count). The Morgan fingerprint density at radius 3 is 1.48 bits per heavy atom. The molecule has 0 aromatic heterocycles. The molecule has 13 unspecified atom stereocenters. The van der Waals surface area contributed by atoms with Crippen LogP contribution in [0.4, 0.5) is 0 Å². The van der Waals surface area contributed by atoms with E-state index in [2.05, 4.69) is 6.92 Å². The molecule has 0 aromatic rings. The van der Waals surface area contributed by atoms with Crippen LogP contribution in [0.3, 0.4) is 0 Å². The fourth-order valence-electron chi connectivity index (χ4n) is 11.6. The Hall–Kier alpha value is 0. The van der Waals surface area contributed by atoms with Gasteiger partial charge in [0.2, 0.25) is 0 Å². The lowest BCUT2D eigenvalue weighted by Crippen LogP contribution is -2.59. The normalized spacial score (nSPS) is 66.8. The fraction of sp³-hybridized carbons (Fsp3) is 1.00. The van der Waals surface area contributed by atoms with Crippen molar-refractivity contribution in [2.45, 2.75) is 77.6 Å². The van der Waals surface area contributed by atoms with Crippen LogP contribution in [0.15, 0.2) is 0 Å². The highest BCUT2D eigenvalue weighted by atomic mass is 14.7. The quantitative estimate of drug-likeness (QED) is 0.479. The smallest absolute Gasteiger partial charge is 0.0318 e. The zero-order valence-corrected chi connectivity index (χ0v) is 16.3. The highest BCUT2D eigenvalue weighted by Crippen LogP contribution is 2.71. The van der Waals surface area contributed by atoms with Crippen LogP contribution in [0.5, 0.6) is 0 Å². The van der Waals surface area contributed by atoms with E-state index >= 15 is 0 Å². The summed E-state index contributed by atoms with van der Waals surface area (Å²) in [4.78, 5) is 0. The van der Waals surface area contributed by atoms with Gasteiger partial charge < -0.3 is 0 Å². The Labute approximate surface area is 154 Å². The lowest BCUT2D eigenvalue weighted by Gasteiger charge is -2.65. The van der Waals surface area contributed by atoms with E-state index in [0.29, 0.717) is 0 Å². The Kier molecular flexibility index (Phi) is 3.04. The predicted octanol–water partition coefficient (Wildman–Crippen LogP) is 6.40. The van der Waals surface area contributed by atoms with Crippen molar-refractivity contribution in [2.75, 3.05) is 0 Å². The molecule has 7 aliphatic carbocycles. The maximum absolute atomic E-state index is 2.62. The second-order valence-corrected chi connectivity index (χ2v) is 12.0. The Balaban J connectivity index is 1.31. The first-order chi connectivity index (χ1) is 12.3. The van der Waals surface area contributed by atoms with Gasteiger partial charge in [0, 0.05) is 0 Å². The Morgan fingerprint density at radius 1 is 0.400 bits per heavy atom.